The molecule has 3 rings (SSSR count). The van der Waals surface area contributed by atoms with Crippen LogP contribution in [0.3, 0.4) is 0 Å². The van der Waals surface area contributed by atoms with Crippen LogP contribution in [-0.2, 0) is 19.1 Å². The van der Waals surface area contributed by atoms with Crippen molar-refractivity contribution >= 4 is 41.1 Å². The van der Waals surface area contributed by atoms with E-state index in [2.05, 4.69) is 5.32 Å². The summed E-state index contributed by atoms with van der Waals surface area (Å²) in [6, 6.07) is 4.88. The fourth-order valence-electron chi connectivity index (χ4n) is 2.55. The standard InChI is InChI=1S/C16H16N2O5S/c19-13-5-7-24-12-4-3-10(8-11(12)17-13)16(22)23-9-15(21)18-6-1-2-14(18)20/h3-4,8H,1-2,5-7,9H2,(H,17,19). The summed E-state index contributed by atoms with van der Waals surface area (Å²) in [5.41, 5.74) is 0.815. The van der Waals surface area contributed by atoms with Gasteiger partial charge in [0.1, 0.15) is 0 Å². The molecule has 2 aliphatic heterocycles. The maximum absolute atomic E-state index is 12.1. The van der Waals surface area contributed by atoms with Crippen molar-refractivity contribution in [1.29, 1.82) is 0 Å². The molecule has 0 spiro atoms. The zero-order valence-corrected chi connectivity index (χ0v) is 13.7. The van der Waals surface area contributed by atoms with Crippen molar-refractivity contribution in [2.24, 2.45) is 0 Å². The number of benzene rings is 1. The first kappa shape index (κ1) is 16.5. The molecule has 1 aromatic carbocycles. The lowest BCUT2D eigenvalue weighted by Crippen LogP contribution is -2.35. The highest BCUT2D eigenvalue weighted by atomic mass is 32.2. The SMILES string of the molecule is O=C1CCSc2ccc(C(=O)OCC(=O)N3CCCC3=O)cc2N1. The zero-order chi connectivity index (χ0) is 17.1. The molecule has 0 unspecified atom stereocenters. The van der Waals surface area contributed by atoms with Gasteiger partial charge >= 0.3 is 5.97 Å². The summed E-state index contributed by atoms with van der Waals surface area (Å²) in [4.78, 5) is 49.1. The van der Waals surface area contributed by atoms with E-state index in [4.69, 9.17) is 4.74 Å². The number of hydrogen-bond acceptors (Lipinski definition) is 6. The van der Waals surface area contributed by atoms with Gasteiger partial charge in [-0.25, -0.2) is 4.79 Å². The van der Waals surface area contributed by atoms with Gasteiger partial charge in [0.05, 0.1) is 11.3 Å². The molecule has 1 saturated heterocycles. The molecule has 24 heavy (non-hydrogen) atoms. The van der Waals surface area contributed by atoms with E-state index in [1.54, 1.807) is 18.2 Å². The van der Waals surface area contributed by atoms with Gasteiger partial charge in [-0.1, -0.05) is 0 Å². The summed E-state index contributed by atoms with van der Waals surface area (Å²) in [5, 5.41) is 2.75. The lowest BCUT2D eigenvalue weighted by Gasteiger charge is -2.13. The smallest absolute Gasteiger partial charge is 0.338 e. The van der Waals surface area contributed by atoms with E-state index in [0.717, 1.165) is 9.80 Å². The van der Waals surface area contributed by atoms with Crippen LogP contribution >= 0.6 is 11.8 Å². The zero-order valence-electron chi connectivity index (χ0n) is 12.9. The molecule has 0 aliphatic carbocycles. The van der Waals surface area contributed by atoms with Crippen molar-refractivity contribution in [3.05, 3.63) is 23.8 Å². The molecule has 2 aliphatic rings. The molecule has 8 heteroatoms. The van der Waals surface area contributed by atoms with Crippen LogP contribution in [0, 0.1) is 0 Å². The first-order chi connectivity index (χ1) is 11.5. The molecular weight excluding hydrogens is 332 g/mol. The molecule has 0 aromatic heterocycles. The van der Waals surface area contributed by atoms with E-state index in [0.29, 0.717) is 37.2 Å². The lowest BCUT2D eigenvalue weighted by molar-refractivity contribution is -0.143. The number of imide groups is 1. The Labute approximate surface area is 142 Å². The van der Waals surface area contributed by atoms with Crippen LogP contribution in [-0.4, -0.2) is 47.5 Å². The lowest BCUT2D eigenvalue weighted by atomic mass is 10.2. The maximum atomic E-state index is 12.1. The number of esters is 1. The minimum absolute atomic E-state index is 0.102. The van der Waals surface area contributed by atoms with Crippen LogP contribution in [0.2, 0.25) is 0 Å². The van der Waals surface area contributed by atoms with Crippen molar-refractivity contribution in [3.8, 4) is 0 Å². The Morgan fingerprint density at radius 1 is 1.25 bits per heavy atom. The fraction of sp³-hybridized carbons (Fsp3) is 0.375. The third-order valence-corrected chi connectivity index (χ3v) is 4.85. The number of hydrogen-bond donors (Lipinski definition) is 1. The summed E-state index contributed by atoms with van der Waals surface area (Å²) in [7, 11) is 0. The van der Waals surface area contributed by atoms with Gasteiger partial charge in [0.15, 0.2) is 6.61 Å². The van der Waals surface area contributed by atoms with Crippen LogP contribution < -0.4 is 5.32 Å². The highest BCUT2D eigenvalue weighted by Crippen LogP contribution is 2.31. The van der Waals surface area contributed by atoms with Gasteiger partial charge in [-0.15, -0.1) is 11.8 Å². The van der Waals surface area contributed by atoms with Gasteiger partial charge in [0, 0.05) is 30.0 Å². The minimum atomic E-state index is -0.665. The number of rotatable bonds is 3. The van der Waals surface area contributed by atoms with Gasteiger partial charge < -0.3 is 10.1 Å². The first-order valence-electron chi connectivity index (χ1n) is 7.61. The van der Waals surface area contributed by atoms with Crippen LogP contribution in [0.4, 0.5) is 5.69 Å². The molecule has 126 valence electrons. The van der Waals surface area contributed by atoms with Crippen LogP contribution in [0.1, 0.15) is 29.6 Å². The number of carbonyl (C=O) groups is 4. The summed E-state index contributed by atoms with van der Waals surface area (Å²) in [6.07, 6.45) is 1.40. The molecule has 2 heterocycles. The quantitative estimate of drug-likeness (QED) is 0.831. The Bertz CT molecular complexity index is 718. The Morgan fingerprint density at radius 3 is 2.83 bits per heavy atom. The minimum Gasteiger partial charge on any atom is -0.452 e. The molecule has 0 saturated carbocycles. The monoisotopic (exact) mass is 348 g/mol. The topological polar surface area (TPSA) is 92.8 Å². The van der Waals surface area contributed by atoms with Crippen molar-refractivity contribution < 1.29 is 23.9 Å². The van der Waals surface area contributed by atoms with E-state index in [1.807, 2.05) is 0 Å². The number of fused-ring (bicyclic) bond motifs is 1. The summed E-state index contributed by atoms with van der Waals surface area (Å²) in [6.45, 7) is -0.0971. The average Bonchev–Trinajstić information content (AvgIpc) is 2.90. The molecule has 3 amide bonds. The van der Waals surface area contributed by atoms with E-state index in [1.165, 1.54) is 11.8 Å². The van der Waals surface area contributed by atoms with Crippen LogP contribution in [0.25, 0.3) is 0 Å². The molecule has 0 radical (unpaired) electrons. The number of nitrogens with one attached hydrogen (secondary N) is 1. The Hall–Kier alpha value is -2.35. The highest BCUT2D eigenvalue weighted by Gasteiger charge is 2.27. The molecule has 0 bridgehead atoms. The third kappa shape index (κ3) is 3.59. The van der Waals surface area contributed by atoms with Gasteiger partial charge in [-0.05, 0) is 24.6 Å². The number of thioether (sulfide) groups is 1. The summed E-state index contributed by atoms with van der Waals surface area (Å²) >= 11 is 1.54. The second kappa shape index (κ2) is 7.04. The van der Waals surface area contributed by atoms with E-state index >= 15 is 0 Å². The summed E-state index contributed by atoms with van der Waals surface area (Å²) < 4.78 is 5.00. The Balaban J connectivity index is 1.64. The molecule has 1 aromatic rings. The van der Waals surface area contributed by atoms with Crippen LogP contribution in [0.5, 0.6) is 0 Å². The number of carbonyl (C=O) groups excluding carboxylic acids is 4. The number of amides is 3. The highest BCUT2D eigenvalue weighted by molar-refractivity contribution is 7.99. The number of likely N-dealkylation sites (tertiary alicyclic amines) is 1. The molecule has 0 atom stereocenters. The fourth-order valence-corrected chi connectivity index (χ4v) is 3.48. The van der Waals surface area contributed by atoms with Crippen molar-refractivity contribution in [3.63, 3.8) is 0 Å². The third-order valence-electron chi connectivity index (χ3n) is 3.78. The Kier molecular flexibility index (Phi) is 4.84. The molecular formula is C16H16N2O5S. The molecule has 7 nitrogen and oxygen atoms in total. The second-order valence-corrected chi connectivity index (χ2v) is 6.61. The number of anilines is 1. The maximum Gasteiger partial charge on any atom is 0.338 e. The van der Waals surface area contributed by atoms with Gasteiger partial charge in [0.2, 0.25) is 11.8 Å². The van der Waals surface area contributed by atoms with Gasteiger partial charge in [0.25, 0.3) is 5.91 Å². The van der Waals surface area contributed by atoms with E-state index in [-0.39, 0.29) is 17.4 Å². The van der Waals surface area contributed by atoms with E-state index in [9.17, 15) is 19.2 Å². The average molecular weight is 348 g/mol. The Morgan fingerprint density at radius 2 is 2.08 bits per heavy atom. The second-order valence-electron chi connectivity index (χ2n) is 5.48. The number of nitrogens with zero attached hydrogens (tertiary/aromatic N) is 1. The predicted molar refractivity (Wildman–Crippen MR) is 86.6 cm³/mol. The van der Waals surface area contributed by atoms with Gasteiger partial charge in [-0.3, -0.25) is 19.3 Å². The van der Waals surface area contributed by atoms with E-state index < -0.39 is 18.5 Å². The normalized spacial score (nSPS) is 17.1. The number of ether oxygens (including phenoxy) is 1. The van der Waals surface area contributed by atoms with Gasteiger partial charge in [-0.2, -0.15) is 0 Å². The molecule has 1 N–H and O–H groups in total. The van der Waals surface area contributed by atoms with Crippen molar-refractivity contribution in [2.75, 3.05) is 24.2 Å². The summed E-state index contributed by atoms with van der Waals surface area (Å²) in [5.74, 6) is -0.831. The van der Waals surface area contributed by atoms with Crippen LogP contribution in [0.15, 0.2) is 23.1 Å². The largest absolute Gasteiger partial charge is 0.452 e. The molecule has 1 fully saturated rings. The predicted octanol–water partition coefficient (Wildman–Crippen LogP) is 1.43. The van der Waals surface area contributed by atoms with Crippen molar-refractivity contribution in [1.82, 2.24) is 4.90 Å². The van der Waals surface area contributed by atoms with Crippen molar-refractivity contribution in [2.45, 2.75) is 24.2 Å². The first-order valence-corrected chi connectivity index (χ1v) is 8.60.